The van der Waals surface area contributed by atoms with Crippen molar-refractivity contribution in [2.45, 2.75) is 33.7 Å². The van der Waals surface area contributed by atoms with Crippen molar-refractivity contribution in [3.63, 3.8) is 0 Å². The van der Waals surface area contributed by atoms with Gasteiger partial charge in [-0.1, -0.05) is 17.7 Å². The Morgan fingerprint density at radius 1 is 1.17 bits per heavy atom. The molecular weight excluding hydrogens is 306 g/mol. The molecule has 0 amide bonds. The van der Waals surface area contributed by atoms with Crippen molar-refractivity contribution in [2.75, 3.05) is 5.32 Å². The third-order valence-electron chi connectivity index (χ3n) is 3.08. The number of benzene rings is 1. The highest BCUT2D eigenvalue weighted by molar-refractivity contribution is 9.10. The average Bonchev–Trinajstić information content (AvgIpc) is 2.69. The van der Waals surface area contributed by atoms with Crippen molar-refractivity contribution in [1.82, 2.24) is 0 Å². The highest BCUT2D eigenvalue weighted by atomic mass is 79.9. The molecule has 1 N–H and O–H groups in total. The fourth-order valence-electron chi connectivity index (χ4n) is 2.30. The van der Waals surface area contributed by atoms with Crippen LogP contribution < -0.4 is 5.32 Å². The van der Waals surface area contributed by atoms with E-state index < -0.39 is 0 Å². The Kier molecular flexibility index (Phi) is 4.13. The third-order valence-corrected chi connectivity index (χ3v) is 5.13. The molecule has 18 heavy (non-hydrogen) atoms. The fourth-order valence-corrected chi connectivity index (χ4v) is 4.03. The van der Waals surface area contributed by atoms with Gasteiger partial charge in [-0.25, -0.2) is 0 Å². The molecule has 0 saturated heterocycles. The number of hydrogen-bond acceptors (Lipinski definition) is 2. The maximum atomic E-state index is 3.63. The molecule has 1 unspecified atom stereocenters. The maximum absolute atomic E-state index is 3.63. The molecule has 0 aliphatic carbocycles. The Bertz CT molecular complexity index is 536. The van der Waals surface area contributed by atoms with E-state index >= 15 is 0 Å². The second kappa shape index (κ2) is 5.45. The third kappa shape index (κ3) is 2.78. The van der Waals surface area contributed by atoms with E-state index in [1.807, 2.05) is 0 Å². The molecule has 1 heterocycles. The molecule has 0 spiro atoms. The predicted molar refractivity (Wildman–Crippen MR) is 84.7 cm³/mol. The molecule has 0 fully saturated rings. The number of anilines is 1. The summed E-state index contributed by atoms with van der Waals surface area (Å²) in [5.41, 5.74) is 5.20. The topological polar surface area (TPSA) is 12.0 Å². The lowest BCUT2D eigenvalue weighted by Crippen LogP contribution is -2.08. The zero-order valence-corrected chi connectivity index (χ0v) is 13.6. The van der Waals surface area contributed by atoms with Crippen molar-refractivity contribution in [1.29, 1.82) is 0 Å². The molecule has 1 aromatic carbocycles. The molecule has 96 valence electrons. The number of rotatable bonds is 3. The Labute approximate surface area is 121 Å². The summed E-state index contributed by atoms with van der Waals surface area (Å²) < 4.78 is 1.19. The summed E-state index contributed by atoms with van der Waals surface area (Å²) in [4.78, 5) is 1.34. The molecule has 0 aliphatic rings. The molecule has 1 nitrogen and oxygen atoms in total. The SMILES string of the molecule is Cc1cc(C)c(NC(C)c2sccc2Br)c(C)c1. The van der Waals surface area contributed by atoms with Gasteiger partial charge in [0, 0.05) is 15.0 Å². The van der Waals surface area contributed by atoms with Gasteiger partial charge in [0.25, 0.3) is 0 Å². The van der Waals surface area contributed by atoms with E-state index in [1.54, 1.807) is 11.3 Å². The molecule has 1 aromatic heterocycles. The monoisotopic (exact) mass is 323 g/mol. The van der Waals surface area contributed by atoms with Crippen molar-refractivity contribution in [2.24, 2.45) is 0 Å². The molecule has 2 rings (SSSR count). The second-order valence-electron chi connectivity index (χ2n) is 4.77. The van der Waals surface area contributed by atoms with Gasteiger partial charge in [-0.2, -0.15) is 0 Å². The van der Waals surface area contributed by atoms with Crippen LogP contribution in [0.4, 0.5) is 5.69 Å². The van der Waals surface area contributed by atoms with Crippen LogP contribution in [0.25, 0.3) is 0 Å². The standard InChI is InChI=1S/C15H18BrNS/c1-9-7-10(2)14(11(3)8-9)17-12(4)15-13(16)5-6-18-15/h5-8,12,17H,1-4H3. The van der Waals surface area contributed by atoms with Crippen LogP contribution in [0.3, 0.4) is 0 Å². The Morgan fingerprint density at radius 3 is 2.28 bits per heavy atom. The van der Waals surface area contributed by atoms with Gasteiger partial charge < -0.3 is 5.32 Å². The highest BCUT2D eigenvalue weighted by Crippen LogP contribution is 2.33. The quantitative estimate of drug-likeness (QED) is 0.774. The van der Waals surface area contributed by atoms with Gasteiger partial charge in [0.05, 0.1) is 6.04 Å². The lowest BCUT2D eigenvalue weighted by molar-refractivity contribution is 0.897. The second-order valence-corrected chi connectivity index (χ2v) is 6.57. The average molecular weight is 324 g/mol. The minimum absolute atomic E-state index is 0.319. The summed E-state index contributed by atoms with van der Waals surface area (Å²) >= 11 is 5.38. The van der Waals surface area contributed by atoms with Crippen molar-refractivity contribution in [3.8, 4) is 0 Å². The summed E-state index contributed by atoms with van der Waals surface area (Å²) in [6.45, 7) is 8.68. The normalized spacial score (nSPS) is 12.5. The first kappa shape index (κ1) is 13.6. The highest BCUT2D eigenvalue weighted by Gasteiger charge is 2.13. The van der Waals surface area contributed by atoms with Crippen LogP contribution in [0, 0.1) is 20.8 Å². The zero-order valence-electron chi connectivity index (χ0n) is 11.2. The number of aryl methyl sites for hydroxylation is 3. The molecule has 0 radical (unpaired) electrons. The molecule has 1 atom stereocenters. The van der Waals surface area contributed by atoms with Crippen molar-refractivity contribution < 1.29 is 0 Å². The first-order valence-electron chi connectivity index (χ1n) is 6.06. The molecule has 0 bridgehead atoms. The van der Waals surface area contributed by atoms with Gasteiger partial charge in [0.1, 0.15) is 0 Å². The van der Waals surface area contributed by atoms with Crippen LogP contribution in [0.2, 0.25) is 0 Å². The summed E-state index contributed by atoms with van der Waals surface area (Å²) in [6, 6.07) is 6.88. The Hall–Kier alpha value is -0.800. The van der Waals surface area contributed by atoms with Crippen LogP contribution in [0.5, 0.6) is 0 Å². The van der Waals surface area contributed by atoms with E-state index in [4.69, 9.17) is 0 Å². The van der Waals surface area contributed by atoms with E-state index in [0.717, 1.165) is 0 Å². The van der Waals surface area contributed by atoms with Crippen molar-refractivity contribution >= 4 is 33.0 Å². The molecule has 3 heteroatoms. The number of halogens is 1. The van der Waals surface area contributed by atoms with E-state index in [0.29, 0.717) is 6.04 Å². The van der Waals surface area contributed by atoms with Crippen LogP contribution in [-0.4, -0.2) is 0 Å². The van der Waals surface area contributed by atoms with Gasteiger partial charge in [0.15, 0.2) is 0 Å². The molecule has 0 aliphatic heterocycles. The van der Waals surface area contributed by atoms with Crippen molar-refractivity contribution in [3.05, 3.63) is 49.6 Å². The summed E-state index contributed by atoms with van der Waals surface area (Å²) in [5.74, 6) is 0. The number of hydrogen-bond donors (Lipinski definition) is 1. The lowest BCUT2D eigenvalue weighted by Gasteiger charge is -2.19. The fraction of sp³-hybridized carbons (Fsp3) is 0.333. The lowest BCUT2D eigenvalue weighted by atomic mass is 10.0. The van der Waals surface area contributed by atoms with Crippen LogP contribution in [0.1, 0.15) is 34.5 Å². The van der Waals surface area contributed by atoms with E-state index in [9.17, 15) is 0 Å². The summed E-state index contributed by atoms with van der Waals surface area (Å²) in [5, 5.41) is 5.75. The Morgan fingerprint density at radius 2 is 1.78 bits per heavy atom. The van der Waals surface area contributed by atoms with Gasteiger partial charge in [-0.3, -0.25) is 0 Å². The van der Waals surface area contributed by atoms with Gasteiger partial charge in [-0.15, -0.1) is 11.3 Å². The van der Waals surface area contributed by atoms with Gasteiger partial charge >= 0.3 is 0 Å². The van der Waals surface area contributed by atoms with E-state index in [1.165, 1.54) is 31.7 Å². The van der Waals surface area contributed by atoms with E-state index in [2.05, 4.69) is 72.5 Å². The minimum Gasteiger partial charge on any atom is -0.377 e. The van der Waals surface area contributed by atoms with E-state index in [-0.39, 0.29) is 0 Å². The predicted octanol–water partition coefficient (Wildman–Crippen LogP) is 5.61. The summed E-state index contributed by atoms with van der Waals surface area (Å²) in [7, 11) is 0. The van der Waals surface area contributed by atoms with Gasteiger partial charge in [0.2, 0.25) is 0 Å². The molecule has 2 aromatic rings. The van der Waals surface area contributed by atoms with Gasteiger partial charge in [-0.05, 0) is 66.2 Å². The minimum atomic E-state index is 0.319. The van der Waals surface area contributed by atoms with Crippen LogP contribution in [0.15, 0.2) is 28.1 Å². The summed E-state index contributed by atoms with van der Waals surface area (Å²) in [6.07, 6.45) is 0. The van der Waals surface area contributed by atoms with Crippen LogP contribution in [-0.2, 0) is 0 Å². The first-order valence-corrected chi connectivity index (χ1v) is 7.73. The molecule has 0 saturated carbocycles. The van der Waals surface area contributed by atoms with Crippen LogP contribution >= 0.6 is 27.3 Å². The number of thiophene rings is 1. The largest absolute Gasteiger partial charge is 0.377 e. The smallest absolute Gasteiger partial charge is 0.0590 e. The maximum Gasteiger partial charge on any atom is 0.0590 e. The zero-order chi connectivity index (χ0) is 13.3. The first-order chi connectivity index (χ1) is 8.49. The Balaban J connectivity index is 2.27. The number of nitrogens with one attached hydrogen (secondary N) is 1. The molecular formula is C15H18BrNS.